The van der Waals surface area contributed by atoms with Crippen molar-refractivity contribution in [2.75, 3.05) is 62.4 Å². The fourth-order valence-corrected chi connectivity index (χ4v) is 6.74. The van der Waals surface area contributed by atoms with E-state index in [1.165, 1.54) is 5.69 Å². The zero-order chi connectivity index (χ0) is 27.5. The molecule has 2 fully saturated rings. The van der Waals surface area contributed by atoms with Gasteiger partial charge < -0.3 is 25.6 Å². The number of aromatic nitrogens is 1. The minimum absolute atomic E-state index is 0.179. The number of para-hydroxylation sites is 2. The van der Waals surface area contributed by atoms with Crippen LogP contribution >= 0.6 is 11.3 Å². The second kappa shape index (κ2) is 11.4. The third-order valence-corrected chi connectivity index (χ3v) is 9.25. The molecule has 0 radical (unpaired) electrons. The number of nitrogens with two attached hydrogens (primary N) is 1. The van der Waals surface area contributed by atoms with E-state index in [2.05, 4.69) is 63.9 Å². The Morgan fingerprint density at radius 2 is 1.65 bits per heavy atom. The van der Waals surface area contributed by atoms with Crippen molar-refractivity contribution in [3.05, 3.63) is 94.3 Å². The van der Waals surface area contributed by atoms with Crippen molar-refractivity contribution in [3.63, 3.8) is 0 Å². The molecule has 2 aliphatic heterocycles. The van der Waals surface area contributed by atoms with Crippen molar-refractivity contribution in [1.82, 2.24) is 9.88 Å². The van der Waals surface area contributed by atoms with E-state index < -0.39 is 0 Å². The van der Waals surface area contributed by atoms with Crippen LogP contribution < -0.4 is 16.0 Å². The van der Waals surface area contributed by atoms with Crippen LogP contribution in [0.3, 0.4) is 0 Å². The lowest BCUT2D eigenvalue weighted by Crippen LogP contribution is -2.44. The first kappa shape index (κ1) is 26.5. The molecule has 3 aromatic carbocycles. The number of nitrogens with zero attached hydrogens (tertiary/aromatic N) is 3. The van der Waals surface area contributed by atoms with Gasteiger partial charge in [0.25, 0.3) is 5.91 Å². The van der Waals surface area contributed by atoms with Gasteiger partial charge in [-0.05, 0) is 61.9 Å². The number of carbonyl (C=O) groups excluding carboxylic acids is 1. The third-order valence-electron chi connectivity index (χ3n) is 8.20. The molecule has 0 spiro atoms. The minimum Gasteiger partial charge on any atom is -0.397 e. The second-order valence-electron chi connectivity index (χ2n) is 10.7. The normalized spacial score (nSPS) is 17.5. The lowest BCUT2D eigenvalue weighted by Gasteiger charge is -2.36. The summed E-state index contributed by atoms with van der Waals surface area (Å²) in [6.07, 6.45) is 1.71. The summed E-state index contributed by atoms with van der Waals surface area (Å²) in [7, 11) is 2.18. The number of thiazole rings is 1. The maximum Gasteiger partial charge on any atom is 0.255 e. The maximum atomic E-state index is 12.9. The van der Waals surface area contributed by atoms with Crippen molar-refractivity contribution in [3.8, 4) is 11.3 Å². The Bertz CT molecular complexity index is 1450. The largest absolute Gasteiger partial charge is 0.397 e. The van der Waals surface area contributed by atoms with Crippen molar-refractivity contribution in [2.45, 2.75) is 18.3 Å². The van der Waals surface area contributed by atoms with Crippen LogP contribution in [0.25, 0.3) is 11.3 Å². The van der Waals surface area contributed by atoms with Crippen molar-refractivity contribution in [1.29, 1.82) is 0 Å². The van der Waals surface area contributed by atoms with Crippen LogP contribution in [0.1, 0.15) is 33.8 Å². The molecule has 40 heavy (non-hydrogen) atoms. The number of nitrogen functional groups attached to an aromatic ring is 1. The lowest BCUT2D eigenvalue weighted by atomic mass is 9.74. The first-order valence-corrected chi connectivity index (χ1v) is 14.7. The molecule has 1 aromatic heterocycles. The monoisotopic (exact) mass is 553 g/mol. The quantitative estimate of drug-likeness (QED) is 0.307. The van der Waals surface area contributed by atoms with E-state index >= 15 is 0 Å². The summed E-state index contributed by atoms with van der Waals surface area (Å²) in [6, 6.07) is 24.0. The molecule has 3 N–H and O–H groups in total. The zero-order valence-corrected chi connectivity index (χ0v) is 23.6. The van der Waals surface area contributed by atoms with E-state index in [1.54, 1.807) is 23.5 Å². The number of hydrogen-bond acceptors (Lipinski definition) is 7. The van der Waals surface area contributed by atoms with Gasteiger partial charge in [0.05, 0.1) is 22.5 Å². The Morgan fingerprint density at radius 3 is 2.35 bits per heavy atom. The van der Waals surface area contributed by atoms with Crippen LogP contribution in [-0.2, 0) is 10.2 Å². The standard InChI is InChI=1S/C32H35N5O2S/c1-36-16-18-37(19-17-36)26-12-8-23(9-13-26)29-22-40-31(35-29)32(14-20-39-21-15-32)25-10-6-24(7-11-25)30(38)34-28-5-3-2-4-27(28)33/h2-13,22H,14-21,33H2,1H3,(H,34,38). The van der Waals surface area contributed by atoms with Crippen LogP contribution in [0.2, 0.25) is 0 Å². The number of benzene rings is 3. The Hall–Kier alpha value is -3.72. The summed E-state index contributed by atoms with van der Waals surface area (Å²) in [6.45, 7) is 5.67. The molecule has 7 nitrogen and oxygen atoms in total. The van der Waals surface area contributed by atoms with Gasteiger partial charge in [-0.25, -0.2) is 4.98 Å². The highest BCUT2D eigenvalue weighted by Crippen LogP contribution is 2.43. The summed E-state index contributed by atoms with van der Waals surface area (Å²) in [4.78, 5) is 22.9. The number of anilines is 3. The van der Waals surface area contributed by atoms with Gasteiger partial charge in [0, 0.05) is 61.6 Å². The van der Waals surface area contributed by atoms with E-state index in [0.717, 1.165) is 60.8 Å². The number of ether oxygens (including phenoxy) is 1. The van der Waals surface area contributed by atoms with Gasteiger partial charge in [0.15, 0.2) is 0 Å². The summed E-state index contributed by atoms with van der Waals surface area (Å²) >= 11 is 1.72. The highest BCUT2D eigenvalue weighted by molar-refractivity contribution is 7.10. The van der Waals surface area contributed by atoms with Gasteiger partial charge in [-0.3, -0.25) is 4.79 Å². The van der Waals surface area contributed by atoms with E-state index in [1.807, 2.05) is 24.3 Å². The number of carbonyl (C=O) groups is 1. The Kier molecular flexibility index (Phi) is 7.56. The van der Waals surface area contributed by atoms with Crippen LogP contribution in [0.15, 0.2) is 78.2 Å². The topological polar surface area (TPSA) is 83.7 Å². The number of rotatable bonds is 6. The molecule has 0 atom stereocenters. The predicted octanol–water partition coefficient (Wildman–Crippen LogP) is 5.49. The molecule has 4 aromatic rings. The average molecular weight is 554 g/mol. The lowest BCUT2D eigenvalue weighted by molar-refractivity contribution is 0.0630. The number of nitrogens with one attached hydrogen (secondary N) is 1. The predicted molar refractivity (Wildman–Crippen MR) is 163 cm³/mol. The van der Waals surface area contributed by atoms with E-state index in [9.17, 15) is 4.79 Å². The molecular weight excluding hydrogens is 518 g/mol. The van der Waals surface area contributed by atoms with E-state index in [-0.39, 0.29) is 11.3 Å². The molecule has 206 valence electrons. The molecule has 0 aliphatic carbocycles. The molecule has 2 aliphatic rings. The number of likely N-dealkylation sites (N-methyl/N-ethyl adjacent to an activating group) is 1. The van der Waals surface area contributed by atoms with Crippen molar-refractivity contribution in [2.24, 2.45) is 0 Å². The highest BCUT2D eigenvalue weighted by Gasteiger charge is 2.39. The summed E-state index contributed by atoms with van der Waals surface area (Å²) in [5.74, 6) is -0.179. The second-order valence-corrected chi connectivity index (χ2v) is 11.5. The molecule has 0 saturated carbocycles. The molecule has 0 unspecified atom stereocenters. The van der Waals surface area contributed by atoms with Gasteiger partial charge in [-0.1, -0.05) is 36.4 Å². The molecule has 6 rings (SSSR count). The summed E-state index contributed by atoms with van der Waals surface area (Å²) in [5.41, 5.74) is 12.1. The van der Waals surface area contributed by atoms with E-state index in [4.69, 9.17) is 15.5 Å². The fraction of sp³-hybridized carbons (Fsp3) is 0.312. The first-order valence-electron chi connectivity index (χ1n) is 13.9. The number of amides is 1. The Morgan fingerprint density at radius 1 is 0.950 bits per heavy atom. The van der Waals surface area contributed by atoms with Gasteiger partial charge in [0.2, 0.25) is 0 Å². The molecule has 3 heterocycles. The molecule has 1 amide bonds. The molecular formula is C32H35N5O2S. The zero-order valence-electron chi connectivity index (χ0n) is 22.8. The van der Waals surface area contributed by atoms with Gasteiger partial charge in [-0.2, -0.15) is 0 Å². The molecule has 8 heteroatoms. The Balaban J connectivity index is 1.22. The average Bonchev–Trinajstić information content (AvgIpc) is 3.50. The van der Waals surface area contributed by atoms with Gasteiger partial charge >= 0.3 is 0 Å². The maximum absolute atomic E-state index is 12.9. The molecule has 2 saturated heterocycles. The highest BCUT2D eigenvalue weighted by atomic mass is 32.1. The Labute approximate surface area is 239 Å². The smallest absolute Gasteiger partial charge is 0.255 e. The van der Waals surface area contributed by atoms with Crippen LogP contribution in [-0.4, -0.2) is 62.2 Å². The third kappa shape index (κ3) is 5.35. The number of hydrogen-bond donors (Lipinski definition) is 2. The first-order chi connectivity index (χ1) is 19.5. The minimum atomic E-state index is -0.236. The summed E-state index contributed by atoms with van der Waals surface area (Å²) < 4.78 is 5.77. The number of piperazine rings is 1. The van der Waals surface area contributed by atoms with Crippen molar-refractivity contribution >= 4 is 34.3 Å². The van der Waals surface area contributed by atoms with E-state index in [0.29, 0.717) is 30.2 Å². The van der Waals surface area contributed by atoms with Gasteiger partial charge in [0.1, 0.15) is 5.01 Å². The van der Waals surface area contributed by atoms with Crippen LogP contribution in [0.4, 0.5) is 17.1 Å². The SMILES string of the molecule is CN1CCN(c2ccc(-c3csc(C4(c5ccc(C(=O)Nc6ccccc6N)cc5)CCOCC4)n3)cc2)CC1. The van der Waals surface area contributed by atoms with Crippen LogP contribution in [0, 0.1) is 0 Å². The van der Waals surface area contributed by atoms with Crippen LogP contribution in [0.5, 0.6) is 0 Å². The molecule has 0 bridgehead atoms. The fourth-order valence-electron chi connectivity index (χ4n) is 5.63. The van der Waals surface area contributed by atoms with Gasteiger partial charge in [-0.15, -0.1) is 11.3 Å². The van der Waals surface area contributed by atoms with Crippen molar-refractivity contribution < 1.29 is 9.53 Å². The summed E-state index contributed by atoms with van der Waals surface area (Å²) in [5, 5.41) is 6.19.